The summed E-state index contributed by atoms with van der Waals surface area (Å²) in [6.45, 7) is 3.69. The number of rotatable bonds is 71. The van der Waals surface area contributed by atoms with Gasteiger partial charge in [-0.05, 0) is 83.5 Å². The van der Waals surface area contributed by atoms with Gasteiger partial charge in [-0.1, -0.05) is 350 Å². The van der Waals surface area contributed by atoms with Crippen LogP contribution < -0.4 is 5.73 Å². The van der Waals surface area contributed by atoms with Gasteiger partial charge >= 0.3 is 19.8 Å². The first kappa shape index (κ1) is 84.5. The SMILES string of the molecule is CC/C=C\C/C=C\C/C=C\C/C=C\C/C=C\CCCCCCCCCCCCCCCC(=O)OC(COC(=O)CCCCCCCCCCCCCCCCCCCCCCCCCCC/C=C\CCCCCCCCCC)COP(=O)(O)OCCN. The van der Waals surface area contributed by atoms with Crippen LogP contribution in [-0.2, 0) is 32.7 Å². The molecule has 0 spiro atoms. The van der Waals surface area contributed by atoms with Gasteiger partial charge in [0.15, 0.2) is 6.10 Å². The number of ether oxygens (including phenoxy) is 2. The molecule has 0 heterocycles. The van der Waals surface area contributed by atoms with Crippen molar-refractivity contribution < 1.29 is 37.6 Å². The van der Waals surface area contributed by atoms with Crippen molar-refractivity contribution in [3.8, 4) is 0 Å². The fourth-order valence-electron chi connectivity index (χ4n) is 11.1. The fraction of sp³-hybridized carbons (Fsp3) is 0.818. The molecule has 0 aliphatic heterocycles. The molecule has 0 aromatic rings. The second kappa shape index (κ2) is 72.5. The molecule has 0 saturated heterocycles. The van der Waals surface area contributed by atoms with Gasteiger partial charge < -0.3 is 20.1 Å². The van der Waals surface area contributed by atoms with Gasteiger partial charge in [0, 0.05) is 19.4 Å². The zero-order valence-electron chi connectivity index (χ0n) is 57.3. The maximum Gasteiger partial charge on any atom is 0.472 e. The van der Waals surface area contributed by atoms with E-state index >= 15 is 0 Å². The van der Waals surface area contributed by atoms with Gasteiger partial charge in [-0.15, -0.1) is 0 Å². The lowest BCUT2D eigenvalue weighted by molar-refractivity contribution is -0.161. The van der Waals surface area contributed by atoms with Crippen LogP contribution in [0.3, 0.4) is 0 Å². The minimum atomic E-state index is -4.40. The average Bonchev–Trinajstić information content (AvgIpc) is 3.63. The van der Waals surface area contributed by atoms with E-state index in [9.17, 15) is 19.0 Å². The van der Waals surface area contributed by atoms with Crippen LogP contribution in [0.25, 0.3) is 0 Å². The minimum Gasteiger partial charge on any atom is -0.462 e. The number of hydrogen-bond donors (Lipinski definition) is 2. The molecule has 0 aliphatic carbocycles. The van der Waals surface area contributed by atoms with E-state index in [4.69, 9.17) is 24.3 Å². The third-order valence-corrected chi connectivity index (χ3v) is 17.6. The monoisotopic (exact) mass is 1240 g/mol. The Kier molecular flexibility index (Phi) is 70.4. The van der Waals surface area contributed by atoms with E-state index in [0.717, 1.165) is 70.6 Å². The fourth-order valence-corrected chi connectivity index (χ4v) is 11.8. The summed E-state index contributed by atoms with van der Waals surface area (Å²) < 4.78 is 33.2. The van der Waals surface area contributed by atoms with Crippen molar-refractivity contribution in [2.45, 2.75) is 380 Å². The molecule has 0 aromatic heterocycles. The molecule has 0 rings (SSSR count). The van der Waals surface area contributed by atoms with Crippen LogP contribution >= 0.6 is 7.82 Å². The summed E-state index contributed by atoms with van der Waals surface area (Å²) in [5.41, 5.74) is 5.41. The predicted molar refractivity (Wildman–Crippen MR) is 376 cm³/mol. The molecule has 3 N–H and O–H groups in total. The van der Waals surface area contributed by atoms with Crippen LogP contribution in [0.2, 0.25) is 0 Å². The Hall–Kier alpha value is -2.55. The van der Waals surface area contributed by atoms with Crippen molar-refractivity contribution in [1.82, 2.24) is 0 Å². The molecule has 2 unspecified atom stereocenters. The van der Waals surface area contributed by atoms with Gasteiger partial charge in [-0.2, -0.15) is 0 Å². The zero-order valence-corrected chi connectivity index (χ0v) is 58.2. The summed E-state index contributed by atoms with van der Waals surface area (Å²) in [7, 11) is -4.40. The van der Waals surface area contributed by atoms with Gasteiger partial charge in [0.25, 0.3) is 0 Å². The first-order chi connectivity index (χ1) is 42.8. The molecule has 0 aromatic carbocycles. The molecular formula is C77H142NO8P. The molecule has 0 amide bonds. The Balaban J connectivity index is 3.79. The smallest absolute Gasteiger partial charge is 0.462 e. The van der Waals surface area contributed by atoms with Crippen LogP contribution in [0.4, 0.5) is 0 Å². The average molecular weight is 1240 g/mol. The van der Waals surface area contributed by atoms with Gasteiger partial charge in [-0.25, -0.2) is 4.57 Å². The normalized spacial score (nSPS) is 13.3. The minimum absolute atomic E-state index is 0.0529. The van der Waals surface area contributed by atoms with E-state index in [-0.39, 0.29) is 38.6 Å². The first-order valence-electron chi connectivity index (χ1n) is 37.4. The number of nitrogens with two attached hydrogens (primary N) is 1. The molecule has 0 fully saturated rings. The molecule has 9 nitrogen and oxygen atoms in total. The van der Waals surface area contributed by atoms with Crippen molar-refractivity contribution in [3.05, 3.63) is 72.9 Å². The van der Waals surface area contributed by atoms with Crippen LogP contribution in [-0.4, -0.2) is 49.3 Å². The van der Waals surface area contributed by atoms with Crippen molar-refractivity contribution in [3.63, 3.8) is 0 Å². The second-order valence-corrected chi connectivity index (χ2v) is 26.6. The van der Waals surface area contributed by atoms with Crippen molar-refractivity contribution >= 4 is 19.8 Å². The van der Waals surface area contributed by atoms with Gasteiger partial charge in [0.2, 0.25) is 0 Å². The van der Waals surface area contributed by atoms with Crippen LogP contribution in [0, 0.1) is 0 Å². The number of phosphoric acid groups is 1. The molecule has 87 heavy (non-hydrogen) atoms. The van der Waals surface area contributed by atoms with Crippen molar-refractivity contribution in [2.24, 2.45) is 5.73 Å². The number of carbonyl (C=O) groups is 2. The van der Waals surface area contributed by atoms with Gasteiger partial charge in [0.1, 0.15) is 6.61 Å². The highest BCUT2D eigenvalue weighted by atomic mass is 31.2. The van der Waals surface area contributed by atoms with Crippen molar-refractivity contribution in [1.29, 1.82) is 0 Å². The molecule has 0 radical (unpaired) electrons. The Labute approximate surface area is 539 Å². The number of phosphoric ester groups is 1. The molecule has 0 aliphatic rings. The molecule has 10 heteroatoms. The maximum atomic E-state index is 12.8. The van der Waals surface area contributed by atoms with Gasteiger partial charge in [0.05, 0.1) is 13.2 Å². The Bertz CT molecular complexity index is 1660. The standard InChI is InChI=1S/C77H142NO8P/c1-3-5-7-9-11-13-15-17-19-21-23-25-27-29-31-33-34-35-36-37-38-39-40-42-43-45-47-49-51-53-55-57-59-61-63-65-67-69-76(79)83-73-75(74-85-87(81,82)84-72-71-78)86-77(80)70-68-66-64-62-60-58-56-54-52-50-48-46-44-41-32-30-28-26-24-22-20-18-16-14-12-10-8-6-4-2/h6,8,12,14,18,20-21,23-24,26,30,32,75H,3-5,7,9-11,13,15-17,19,22,25,27-29,31,33-74,78H2,1-2H3,(H,81,82)/b8-6-,14-12-,20-18-,23-21-,26-24-,32-30-. The van der Waals surface area contributed by atoms with E-state index in [2.05, 4.69) is 86.8 Å². The summed E-state index contributed by atoms with van der Waals surface area (Å²) in [5, 5.41) is 0. The summed E-state index contributed by atoms with van der Waals surface area (Å²) in [6, 6.07) is 0. The molecule has 0 saturated carbocycles. The highest BCUT2D eigenvalue weighted by Crippen LogP contribution is 2.43. The highest BCUT2D eigenvalue weighted by Gasteiger charge is 2.26. The van der Waals surface area contributed by atoms with Crippen LogP contribution in [0.15, 0.2) is 72.9 Å². The molecular weight excluding hydrogens is 1100 g/mol. The topological polar surface area (TPSA) is 134 Å². The van der Waals surface area contributed by atoms with E-state index in [0.29, 0.717) is 6.42 Å². The first-order valence-corrected chi connectivity index (χ1v) is 38.9. The van der Waals surface area contributed by atoms with Crippen LogP contribution in [0.1, 0.15) is 373 Å². The molecule has 2 atom stereocenters. The third kappa shape index (κ3) is 72.4. The lowest BCUT2D eigenvalue weighted by atomic mass is 10.0. The Morgan fingerprint density at radius 1 is 0.356 bits per heavy atom. The Morgan fingerprint density at radius 2 is 0.632 bits per heavy atom. The van der Waals surface area contributed by atoms with E-state index in [1.54, 1.807) is 0 Å². The quantitative estimate of drug-likeness (QED) is 0.0264. The van der Waals surface area contributed by atoms with Crippen molar-refractivity contribution in [2.75, 3.05) is 26.4 Å². The van der Waals surface area contributed by atoms with Gasteiger partial charge in [-0.3, -0.25) is 18.6 Å². The summed E-state index contributed by atoms with van der Waals surface area (Å²) in [6.07, 6.45) is 96.0. The Morgan fingerprint density at radius 3 is 0.954 bits per heavy atom. The largest absolute Gasteiger partial charge is 0.472 e. The number of unbranched alkanes of at least 4 members (excludes halogenated alkanes) is 46. The number of esters is 2. The number of carbonyl (C=O) groups excluding carboxylic acids is 2. The van der Waals surface area contributed by atoms with E-state index in [1.807, 2.05) is 0 Å². The summed E-state index contributed by atoms with van der Waals surface area (Å²) in [4.78, 5) is 35.4. The predicted octanol–water partition coefficient (Wildman–Crippen LogP) is 24.8. The highest BCUT2D eigenvalue weighted by molar-refractivity contribution is 7.47. The lowest BCUT2D eigenvalue weighted by Gasteiger charge is -2.19. The van der Waals surface area contributed by atoms with E-state index in [1.165, 1.54) is 270 Å². The maximum absolute atomic E-state index is 12.8. The molecule has 0 bridgehead atoms. The second-order valence-electron chi connectivity index (χ2n) is 25.1. The number of hydrogen-bond acceptors (Lipinski definition) is 8. The van der Waals surface area contributed by atoms with Crippen LogP contribution in [0.5, 0.6) is 0 Å². The summed E-state index contributed by atoms with van der Waals surface area (Å²) in [5.74, 6) is -0.813. The zero-order chi connectivity index (χ0) is 63.0. The molecule has 508 valence electrons. The van der Waals surface area contributed by atoms with E-state index < -0.39 is 26.5 Å². The summed E-state index contributed by atoms with van der Waals surface area (Å²) >= 11 is 0. The third-order valence-electron chi connectivity index (χ3n) is 16.6. The lowest BCUT2D eigenvalue weighted by Crippen LogP contribution is -2.29. The number of allylic oxidation sites excluding steroid dienone is 12.